The van der Waals surface area contributed by atoms with E-state index < -0.39 is 5.97 Å². The van der Waals surface area contributed by atoms with E-state index in [0.717, 1.165) is 0 Å². The van der Waals surface area contributed by atoms with Crippen molar-refractivity contribution in [1.29, 1.82) is 0 Å². The Labute approximate surface area is 146 Å². The Balaban J connectivity index is 1.76. The number of benzene rings is 1. The summed E-state index contributed by atoms with van der Waals surface area (Å²) in [5.74, 6) is -0.865. The van der Waals surface area contributed by atoms with E-state index in [1.54, 1.807) is 34.1 Å². The maximum absolute atomic E-state index is 12.4. The Hall–Kier alpha value is -2.08. The summed E-state index contributed by atoms with van der Waals surface area (Å²) < 4.78 is 0. The van der Waals surface area contributed by atoms with Crippen LogP contribution in [0.15, 0.2) is 24.3 Å². The topological polar surface area (TPSA) is 77.9 Å². The molecule has 1 aliphatic rings. The number of nitrogens with zero attached hydrogens (tertiary/aromatic N) is 2. The molecule has 1 aromatic rings. The van der Waals surface area contributed by atoms with Crippen molar-refractivity contribution >= 4 is 29.4 Å². The first-order chi connectivity index (χ1) is 11.5. The van der Waals surface area contributed by atoms with Crippen molar-refractivity contribution in [2.24, 2.45) is 0 Å². The number of carboxylic acids is 1. The molecular formula is C17H21ClN2O4. The summed E-state index contributed by atoms with van der Waals surface area (Å²) in [6, 6.07) is 6.77. The lowest BCUT2D eigenvalue weighted by atomic mass is 10.1. The number of rotatable bonds is 6. The number of hydrogen-bond donors (Lipinski definition) is 1. The number of unbranched alkanes of at least 4 members (excludes halogenated alkanes) is 1. The third kappa shape index (κ3) is 5.23. The molecule has 0 spiro atoms. The summed E-state index contributed by atoms with van der Waals surface area (Å²) in [6.45, 7) is 2.03. The predicted octanol–water partition coefficient (Wildman–Crippen LogP) is 2.27. The highest BCUT2D eigenvalue weighted by molar-refractivity contribution is 6.30. The molecule has 2 amide bonds. The van der Waals surface area contributed by atoms with Crippen LogP contribution in [-0.4, -0.2) is 58.9 Å². The fourth-order valence-electron chi connectivity index (χ4n) is 2.64. The van der Waals surface area contributed by atoms with Crippen LogP contribution in [0.4, 0.5) is 0 Å². The number of amides is 2. The lowest BCUT2D eigenvalue weighted by Crippen LogP contribution is -2.50. The molecule has 0 atom stereocenters. The quantitative estimate of drug-likeness (QED) is 0.797. The summed E-state index contributed by atoms with van der Waals surface area (Å²) in [5, 5.41) is 9.17. The number of halogens is 1. The molecule has 0 unspecified atom stereocenters. The molecule has 0 radical (unpaired) electrons. The molecule has 0 aliphatic carbocycles. The molecule has 1 saturated heterocycles. The number of carbonyl (C=O) groups is 3. The lowest BCUT2D eigenvalue weighted by Gasteiger charge is -2.35. The molecule has 7 heteroatoms. The molecule has 24 heavy (non-hydrogen) atoms. The summed E-state index contributed by atoms with van der Waals surface area (Å²) >= 11 is 5.82. The molecule has 0 bridgehead atoms. The standard InChI is InChI=1S/C17H21ClN2O4/c18-14-7-5-13(6-8-14)17(24)20-11-9-19(10-12-20)15(21)3-1-2-4-16(22)23/h5-8H,1-4,9-12H2,(H,22,23). The molecule has 6 nitrogen and oxygen atoms in total. The highest BCUT2D eigenvalue weighted by atomic mass is 35.5. The molecule has 1 heterocycles. The van der Waals surface area contributed by atoms with Crippen LogP contribution < -0.4 is 0 Å². The van der Waals surface area contributed by atoms with Gasteiger partial charge in [0, 0.05) is 49.6 Å². The second-order valence-electron chi connectivity index (χ2n) is 5.78. The van der Waals surface area contributed by atoms with Gasteiger partial charge in [-0.05, 0) is 37.1 Å². The Morgan fingerprint density at radius 3 is 2.04 bits per heavy atom. The number of piperazine rings is 1. The monoisotopic (exact) mass is 352 g/mol. The van der Waals surface area contributed by atoms with Crippen LogP contribution in [0.3, 0.4) is 0 Å². The number of hydrogen-bond acceptors (Lipinski definition) is 3. The molecular weight excluding hydrogens is 332 g/mol. The summed E-state index contributed by atoms with van der Waals surface area (Å²) in [6.07, 6.45) is 1.54. The highest BCUT2D eigenvalue weighted by Gasteiger charge is 2.24. The van der Waals surface area contributed by atoms with E-state index in [1.165, 1.54) is 0 Å². The largest absolute Gasteiger partial charge is 0.481 e. The molecule has 0 saturated carbocycles. The molecule has 1 N–H and O–H groups in total. The van der Waals surface area contributed by atoms with Crippen molar-refractivity contribution in [3.8, 4) is 0 Å². The first-order valence-corrected chi connectivity index (χ1v) is 8.39. The van der Waals surface area contributed by atoms with Gasteiger partial charge in [-0.1, -0.05) is 11.6 Å². The lowest BCUT2D eigenvalue weighted by molar-refractivity contribution is -0.137. The summed E-state index contributed by atoms with van der Waals surface area (Å²) in [7, 11) is 0. The fraction of sp³-hybridized carbons (Fsp3) is 0.471. The van der Waals surface area contributed by atoms with Crippen LogP contribution >= 0.6 is 11.6 Å². The van der Waals surface area contributed by atoms with Gasteiger partial charge in [-0.2, -0.15) is 0 Å². The normalized spacial score (nSPS) is 14.5. The minimum Gasteiger partial charge on any atom is -0.481 e. The van der Waals surface area contributed by atoms with Gasteiger partial charge in [-0.25, -0.2) is 0 Å². The van der Waals surface area contributed by atoms with Gasteiger partial charge in [-0.15, -0.1) is 0 Å². The van der Waals surface area contributed by atoms with Gasteiger partial charge >= 0.3 is 5.97 Å². The van der Waals surface area contributed by atoms with Gasteiger partial charge < -0.3 is 14.9 Å². The Kier molecular flexibility index (Phi) is 6.61. The van der Waals surface area contributed by atoms with Crippen molar-refractivity contribution in [1.82, 2.24) is 9.80 Å². The van der Waals surface area contributed by atoms with E-state index in [0.29, 0.717) is 56.0 Å². The highest BCUT2D eigenvalue weighted by Crippen LogP contribution is 2.14. The maximum atomic E-state index is 12.4. The number of carboxylic acid groups (broad SMARTS) is 1. The predicted molar refractivity (Wildman–Crippen MR) is 90.0 cm³/mol. The summed E-state index contributed by atoms with van der Waals surface area (Å²) in [5.41, 5.74) is 0.591. The summed E-state index contributed by atoms with van der Waals surface area (Å²) in [4.78, 5) is 38.4. The van der Waals surface area contributed by atoms with Crippen LogP contribution in [-0.2, 0) is 9.59 Å². The molecule has 1 fully saturated rings. The smallest absolute Gasteiger partial charge is 0.303 e. The van der Waals surface area contributed by atoms with Crippen molar-refractivity contribution in [3.63, 3.8) is 0 Å². The van der Waals surface area contributed by atoms with E-state index in [9.17, 15) is 14.4 Å². The van der Waals surface area contributed by atoms with Gasteiger partial charge in [0.15, 0.2) is 0 Å². The van der Waals surface area contributed by atoms with Crippen LogP contribution in [0.25, 0.3) is 0 Å². The zero-order valence-corrected chi connectivity index (χ0v) is 14.2. The minimum absolute atomic E-state index is 0.0268. The molecule has 1 aliphatic heterocycles. The second-order valence-corrected chi connectivity index (χ2v) is 6.22. The Morgan fingerprint density at radius 1 is 0.917 bits per heavy atom. The number of carbonyl (C=O) groups excluding carboxylic acids is 2. The van der Waals surface area contributed by atoms with Crippen molar-refractivity contribution in [2.45, 2.75) is 25.7 Å². The molecule has 1 aromatic carbocycles. The Morgan fingerprint density at radius 2 is 1.46 bits per heavy atom. The zero-order valence-electron chi connectivity index (χ0n) is 13.4. The van der Waals surface area contributed by atoms with Crippen molar-refractivity contribution in [2.75, 3.05) is 26.2 Å². The van der Waals surface area contributed by atoms with Gasteiger partial charge in [0.2, 0.25) is 5.91 Å². The van der Waals surface area contributed by atoms with Gasteiger partial charge in [0.25, 0.3) is 5.91 Å². The van der Waals surface area contributed by atoms with Crippen LogP contribution in [0.2, 0.25) is 5.02 Å². The van der Waals surface area contributed by atoms with Crippen LogP contribution in [0, 0.1) is 0 Å². The van der Waals surface area contributed by atoms with Gasteiger partial charge in [0.05, 0.1) is 0 Å². The Bertz CT molecular complexity index is 595. The van der Waals surface area contributed by atoms with Crippen LogP contribution in [0.5, 0.6) is 0 Å². The van der Waals surface area contributed by atoms with E-state index in [2.05, 4.69) is 0 Å². The first kappa shape index (κ1) is 18.3. The van der Waals surface area contributed by atoms with E-state index in [1.807, 2.05) is 0 Å². The third-order valence-electron chi connectivity index (χ3n) is 4.04. The molecule has 2 rings (SSSR count). The van der Waals surface area contributed by atoms with Crippen molar-refractivity contribution < 1.29 is 19.5 Å². The fourth-order valence-corrected chi connectivity index (χ4v) is 2.77. The number of aliphatic carboxylic acids is 1. The van der Waals surface area contributed by atoms with E-state index in [-0.39, 0.29) is 18.2 Å². The average molecular weight is 353 g/mol. The first-order valence-electron chi connectivity index (χ1n) is 8.02. The molecule has 130 valence electrons. The van der Waals surface area contributed by atoms with E-state index in [4.69, 9.17) is 16.7 Å². The van der Waals surface area contributed by atoms with E-state index >= 15 is 0 Å². The average Bonchev–Trinajstić information content (AvgIpc) is 2.58. The minimum atomic E-state index is -0.836. The SMILES string of the molecule is O=C(O)CCCCC(=O)N1CCN(C(=O)c2ccc(Cl)cc2)CC1. The van der Waals surface area contributed by atoms with Crippen molar-refractivity contribution in [3.05, 3.63) is 34.9 Å². The second kappa shape index (κ2) is 8.68. The van der Waals surface area contributed by atoms with Crippen LogP contribution in [0.1, 0.15) is 36.0 Å². The van der Waals surface area contributed by atoms with Gasteiger partial charge in [0.1, 0.15) is 0 Å². The van der Waals surface area contributed by atoms with Gasteiger partial charge in [-0.3, -0.25) is 14.4 Å². The molecule has 0 aromatic heterocycles. The third-order valence-corrected chi connectivity index (χ3v) is 4.29. The maximum Gasteiger partial charge on any atom is 0.303 e. The zero-order chi connectivity index (χ0) is 17.5.